The summed E-state index contributed by atoms with van der Waals surface area (Å²) < 4.78 is 33.4. The summed E-state index contributed by atoms with van der Waals surface area (Å²) >= 11 is 1.46. The number of amides is 2. The maximum absolute atomic E-state index is 13.2. The van der Waals surface area contributed by atoms with Crippen LogP contribution in [0.25, 0.3) is 0 Å². The molecule has 10 heteroatoms. The summed E-state index contributed by atoms with van der Waals surface area (Å²) in [5.41, 5.74) is 1.62. The van der Waals surface area contributed by atoms with E-state index in [1.165, 1.54) is 21.7 Å². The van der Waals surface area contributed by atoms with E-state index in [4.69, 9.17) is 4.74 Å². The van der Waals surface area contributed by atoms with Gasteiger partial charge in [0.25, 0.3) is 11.8 Å². The van der Waals surface area contributed by atoms with Gasteiger partial charge in [-0.25, -0.2) is 8.42 Å². The molecule has 0 radical (unpaired) electrons. The predicted molar refractivity (Wildman–Crippen MR) is 109 cm³/mol. The van der Waals surface area contributed by atoms with Crippen molar-refractivity contribution in [3.63, 3.8) is 0 Å². The number of hydrogen-bond acceptors (Lipinski definition) is 6. The second kappa shape index (κ2) is 7.43. The van der Waals surface area contributed by atoms with Crippen molar-refractivity contribution in [1.29, 1.82) is 0 Å². The molecule has 8 nitrogen and oxygen atoms in total. The maximum Gasteiger partial charge on any atom is 0.265 e. The second-order valence-electron chi connectivity index (χ2n) is 7.07. The Kier molecular flexibility index (Phi) is 5.09. The highest BCUT2D eigenvalue weighted by molar-refractivity contribution is 7.89. The molecule has 0 bridgehead atoms. The fraction of sp³-hybridized carbons (Fsp3) is 0.368. The molecule has 1 saturated heterocycles. The van der Waals surface area contributed by atoms with Gasteiger partial charge in [-0.1, -0.05) is 0 Å². The first-order valence-electron chi connectivity index (χ1n) is 9.21. The summed E-state index contributed by atoms with van der Waals surface area (Å²) in [6.07, 6.45) is -0.688. The van der Waals surface area contributed by atoms with E-state index in [0.29, 0.717) is 35.7 Å². The Morgan fingerprint density at radius 1 is 1.24 bits per heavy atom. The van der Waals surface area contributed by atoms with Crippen molar-refractivity contribution in [2.45, 2.75) is 24.8 Å². The summed E-state index contributed by atoms with van der Waals surface area (Å²) in [7, 11) is -3.76. The highest BCUT2D eigenvalue weighted by Crippen LogP contribution is 2.35. The first-order chi connectivity index (χ1) is 13.8. The van der Waals surface area contributed by atoms with Gasteiger partial charge in [0, 0.05) is 37.6 Å². The van der Waals surface area contributed by atoms with Crippen molar-refractivity contribution < 1.29 is 22.7 Å². The number of benzene rings is 1. The summed E-state index contributed by atoms with van der Waals surface area (Å²) in [4.78, 5) is 26.1. The minimum Gasteiger partial charge on any atom is -0.479 e. The van der Waals surface area contributed by atoms with E-state index in [0.717, 1.165) is 0 Å². The van der Waals surface area contributed by atoms with Gasteiger partial charge in [-0.05, 0) is 36.9 Å². The number of thiophene rings is 1. The van der Waals surface area contributed by atoms with E-state index in [2.05, 4.69) is 5.32 Å². The molecule has 2 aliphatic rings. The van der Waals surface area contributed by atoms with E-state index in [-0.39, 0.29) is 29.8 Å². The normalized spacial score (nSPS) is 20.0. The molecule has 3 heterocycles. The molecule has 0 aliphatic carbocycles. The van der Waals surface area contributed by atoms with Crippen LogP contribution in [0.4, 0.5) is 5.69 Å². The van der Waals surface area contributed by atoms with Crippen LogP contribution in [0.3, 0.4) is 0 Å². The Bertz CT molecular complexity index is 1060. The smallest absolute Gasteiger partial charge is 0.265 e. The lowest BCUT2D eigenvalue weighted by atomic mass is 10.1. The Hall–Kier alpha value is -2.43. The van der Waals surface area contributed by atoms with Crippen LogP contribution < -0.4 is 10.1 Å². The molecular weight excluding hydrogens is 414 g/mol. The van der Waals surface area contributed by atoms with Crippen molar-refractivity contribution in [3.8, 4) is 5.75 Å². The Morgan fingerprint density at radius 2 is 1.97 bits per heavy atom. The van der Waals surface area contributed by atoms with E-state index < -0.39 is 16.1 Å². The predicted octanol–water partition coefficient (Wildman–Crippen LogP) is 1.92. The van der Waals surface area contributed by atoms with Crippen molar-refractivity contribution in [2.24, 2.45) is 0 Å². The minimum absolute atomic E-state index is 0.0774. The SMILES string of the molecule is Cc1cc2c(cc1S(=O)(=O)N1CCN(C(=O)c3ccsc3)CC1)OC(C)C(=O)N2. The number of sulfonamides is 1. The topological polar surface area (TPSA) is 96.0 Å². The number of nitrogens with one attached hydrogen (secondary N) is 1. The molecule has 0 spiro atoms. The van der Waals surface area contributed by atoms with Crippen molar-refractivity contribution in [2.75, 3.05) is 31.5 Å². The molecular formula is C19H21N3O5S2. The Labute approximate surface area is 173 Å². The summed E-state index contributed by atoms with van der Waals surface area (Å²) in [6, 6.07) is 4.85. The summed E-state index contributed by atoms with van der Waals surface area (Å²) in [5.74, 6) is -0.00199. The third-order valence-electron chi connectivity index (χ3n) is 5.12. The highest BCUT2D eigenvalue weighted by Gasteiger charge is 2.33. The molecule has 2 aliphatic heterocycles. The lowest BCUT2D eigenvalue weighted by molar-refractivity contribution is -0.122. The Morgan fingerprint density at radius 3 is 2.62 bits per heavy atom. The fourth-order valence-electron chi connectivity index (χ4n) is 3.46. The first kappa shape index (κ1) is 19.9. The number of fused-ring (bicyclic) bond motifs is 1. The van der Waals surface area contributed by atoms with E-state index in [9.17, 15) is 18.0 Å². The number of aryl methyl sites for hydroxylation is 1. The molecule has 2 amide bonds. The van der Waals surface area contributed by atoms with Gasteiger partial charge in [0.15, 0.2) is 6.10 Å². The standard InChI is InChI=1S/C19H21N3O5S2/c1-12-9-15-16(27-13(2)18(23)20-15)10-17(12)29(25,26)22-6-4-21(5-7-22)19(24)14-3-8-28-11-14/h3,8-11,13H,4-7H2,1-2H3,(H,20,23). The average Bonchev–Trinajstić information content (AvgIpc) is 3.23. The van der Waals surface area contributed by atoms with Gasteiger partial charge in [0.05, 0.1) is 16.1 Å². The molecule has 2 aromatic rings. The van der Waals surface area contributed by atoms with Gasteiger partial charge in [-0.3, -0.25) is 9.59 Å². The van der Waals surface area contributed by atoms with Crippen LogP contribution in [0.2, 0.25) is 0 Å². The van der Waals surface area contributed by atoms with E-state index in [1.54, 1.807) is 36.3 Å². The van der Waals surface area contributed by atoms with Gasteiger partial charge in [-0.2, -0.15) is 15.6 Å². The fourth-order valence-corrected chi connectivity index (χ4v) is 5.73. The zero-order chi connectivity index (χ0) is 20.8. The third kappa shape index (κ3) is 3.63. The van der Waals surface area contributed by atoms with Crippen LogP contribution in [0.5, 0.6) is 5.75 Å². The molecule has 4 rings (SSSR count). The molecule has 1 aromatic carbocycles. The van der Waals surface area contributed by atoms with Crippen LogP contribution in [-0.2, 0) is 14.8 Å². The maximum atomic E-state index is 13.2. The average molecular weight is 436 g/mol. The molecule has 1 unspecified atom stereocenters. The minimum atomic E-state index is -3.76. The van der Waals surface area contributed by atoms with Crippen LogP contribution in [0.1, 0.15) is 22.8 Å². The van der Waals surface area contributed by atoms with Crippen molar-refractivity contribution in [1.82, 2.24) is 9.21 Å². The number of carbonyl (C=O) groups is 2. The van der Waals surface area contributed by atoms with Gasteiger partial charge >= 0.3 is 0 Å². The van der Waals surface area contributed by atoms with E-state index in [1.807, 2.05) is 5.38 Å². The first-order valence-corrected chi connectivity index (χ1v) is 11.6. The lowest BCUT2D eigenvalue weighted by Gasteiger charge is -2.34. The molecule has 1 aromatic heterocycles. The molecule has 1 N–H and O–H groups in total. The summed E-state index contributed by atoms with van der Waals surface area (Å²) in [5, 5.41) is 6.36. The Balaban J connectivity index is 1.53. The highest BCUT2D eigenvalue weighted by atomic mass is 32.2. The largest absolute Gasteiger partial charge is 0.479 e. The number of rotatable bonds is 3. The molecule has 1 fully saturated rings. The zero-order valence-corrected chi connectivity index (χ0v) is 17.7. The molecule has 1 atom stereocenters. The number of piperazine rings is 1. The van der Waals surface area contributed by atoms with Gasteiger partial charge in [-0.15, -0.1) is 0 Å². The van der Waals surface area contributed by atoms with Crippen LogP contribution >= 0.6 is 11.3 Å². The molecule has 29 heavy (non-hydrogen) atoms. The van der Waals surface area contributed by atoms with Crippen LogP contribution in [0.15, 0.2) is 33.9 Å². The monoisotopic (exact) mass is 435 g/mol. The van der Waals surface area contributed by atoms with Crippen molar-refractivity contribution >= 4 is 38.9 Å². The number of anilines is 1. The van der Waals surface area contributed by atoms with Gasteiger partial charge < -0.3 is 15.0 Å². The van der Waals surface area contributed by atoms with Crippen LogP contribution in [-0.4, -0.2) is 61.7 Å². The van der Waals surface area contributed by atoms with Crippen LogP contribution in [0, 0.1) is 6.92 Å². The molecule has 0 saturated carbocycles. The molecule has 154 valence electrons. The van der Waals surface area contributed by atoms with Crippen molar-refractivity contribution in [3.05, 3.63) is 40.1 Å². The van der Waals surface area contributed by atoms with E-state index >= 15 is 0 Å². The van der Waals surface area contributed by atoms with Gasteiger partial charge in [0.1, 0.15) is 5.75 Å². The lowest BCUT2D eigenvalue weighted by Crippen LogP contribution is -2.50. The number of hydrogen-bond donors (Lipinski definition) is 1. The quantitative estimate of drug-likeness (QED) is 0.795. The number of nitrogens with zero attached hydrogens (tertiary/aromatic N) is 2. The number of ether oxygens (including phenoxy) is 1. The van der Waals surface area contributed by atoms with Gasteiger partial charge in [0.2, 0.25) is 10.0 Å². The number of carbonyl (C=O) groups excluding carboxylic acids is 2. The third-order valence-corrected chi connectivity index (χ3v) is 7.84. The second-order valence-corrected chi connectivity index (χ2v) is 9.76. The zero-order valence-electron chi connectivity index (χ0n) is 16.0. The summed E-state index contributed by atoms with van der Waals surface area (Å²) in [6.45, 7) is 4.41.